The van der Waals surface area contributed by atoms with E-state index in [9.17, 15) is 0 Å². The summed E-state index contributed by atoms with van der Waals surface area (Å²) >= 11 is 12.3. The lowest BCUT2D eigenvalue weighted by Crippen LogP contribution is -2.13. The highest BCUT2D eigenvalue weighted by atomic mass is 35.5. The molecule has 1 unspecified atom stereocenters. The topological polar surface area (TPSA) is 34.1 Å². The Balaban J connectivity index is 2.60. The number of hydrogen-bond donors (Lipinski definition) is 1. The number of halogens is 2. The van der Waals surface area contributed by atoms with Crippen LogP contribution in [-0.4, -0.2) is 17.6 Å². The Morgan fingerprint density at radius 2 is 1.90 bits per heavy atom. The van der Waals surface area contributed by atoms with E-state index in [1.165, 1.54) is 25.7 Å². The maximum Gasteiger partial charge on any atom is 0.234 e. The van der Waals surface area contributed by atoms with Gasteiger partial charge in [-0.05, 0) is 32.3 Å². The average molecular weight is 333 g/mol. The lowest BCUT2D eigenvalue weighted by molar-refractivity contribution is 0.198. The Morgan fingerprint density at radius 3 is 2.57 bits per heavy atom. The predicted octanol–water partition coefficient (Wildman–Crippen LogP) is 5.95. The molecule has 1 atom stereocenters. The van der Waals surface area contributed by atoms with Gasteiger partial charge in [0, 0.05) is 6.54 Å². The molecule has 0 aliphatic carbocycles. The molecule has 1 rings (SSSR count). The predicted molar refractivity (Wildman–Crippen MR) is 91.9 cm³/mol. The maximum atomic E-state index is 6.16. The van der Waals surface area contributed by atoms with E-state index in [1.54, 1.807) is 6.07 Å². The van der Waals surface area contributed by atoms with E-state index in [2.05, 4.69) is 31.1 Å². The SMILES string of the molecule is CCCCCCC(C)Oc1nc(NCCC)c(Cl)cc1Cl. The van der Waals surface area contributed by atoms with E-state index in [0.29, 0.717) is 21.7 Å². The van der Waals surface area contributed by atoms with Crippen LogP contribution in [0.3, 0.4) is 0 Å². The number of rotatable bonds is 10. The minimum atomic E-state index is 0.104. The third kappa shape index (κ3) is 6.75. The van der Waals surface area contributed by atoms with Crippen LogP contribution in [0.5, 0.6) is 5.88 Å². The number of pyridine rings is 1. The molecule has 0 fully saturated rings. The second-order valence-electron chi connectivity index (χ2n) is 5.31. The van der Waals surface area contributed by atoms with Crippen molar-refractivity contribution < 1.29 is 4.74 Å². The fourth-order valence-corrected chi connectivity index (χ4v) is 2.48. The molecule has 120 valence electrons. The van der Waals surface area contributed by atoms with Crippen LogP contribution in [-0.2, 0) is 0 Å². The van der Waals surface area contributed by atoms with E-state index in [4.69, 9.17) is 27.9 Å². The smallest absolute Gasteiger partial charge is 0.234 e. The molecule has 0 spiro atoms. The molecule has 0 amide bonds. The van der Waals surface area contributed by atoms with Crippen LogP contribution in [0.2, 0.25) is 10.0 Å². The van der Waals surface area contributed by atoms with Crippen LogP contribution in [0.25, 0.3) is 0 Å². The van der Waals surface area contributed by atoms with E-state index >= 15 is 0 Å². The minimum Gasteiger partial charge on any atom is -0.474 e. The lowest BCUT2D eigenvalue weighted by atomic mass is 10.1. The van der Waals surface area contributed by atoms with Gasteiger partial charge in [0.1, 0.15) is 10.8 Å². The molecular formula is C16H26Cl2N2O. The molecule has 5 heteroatoms. The Kier molecular flexibility index (Phi) is 8.86. The van der Waals surface area contributed by atoms with Crippen molar-refractivity contribution in [3.63, 3.8) is 0 Å². The van der Waals surface area contributed by atoms with Gasteiger partial charge in [-0.15, -0.1) is 0 Å². The van der Waals surface area contributed by atoms with Gasteiger partial charge in [-0.1, -0.05) is 56.3 Å². The first kappa shape index (κ1) is 18.4. The van der Waals surface area contributed by atoms with Crippen molar-refractivity contribution in [2.24, 2.45) is 0 Å². The molecule has 3 nitrogen and oxygen atoms in total. The van der Waals surface area contributed by atoms with Crippen molar-refractivity contribution in [3.05, 3.63) is 16.1 Å². The fraction of sp³-hybridized carbons (Fsp3) is 0.688. The summed E-state index contributed by atoms with van der Waals surface area (Å²) in [6.07, 6.45) is 7.05. The molecule has 1 heterocycles. The van der Waals surface area contributed by atoms with E-state index in [-0.39, 0.29) is 6.10 Å². The highest BCUT2D eigenvalue weighted by Crippen LogP contribution is 2.31. The number of aromatic nitrogens is 1. The van der Waals surface area contributed by atoms with Gasteiger partial charge in [0.25, 0.3) is 0 Å². The molecule has 0 saturated heterocycles. The molecular weight excluding hydrogens is 307 g/mol. The van der Waals surface area contributed by atoms with Crippen molar-refractivity contribution in [2.75, 3.05) is 11.9 Å². The van der Waals surface area contributed by atoms with Crippen molar-refractivity contribution in [1.29, 1.82) is 0 Å². The lowest BCUT2D eigenvalue weighted by Gasteiger charge is -2.16. The summed E-state index contributed by atoms with van der Waals surface area (Å²) in [6, 6.07) is 1.69. The Morgan fingerprint density at radius 1 is 1.14 bits per heavy atom. The average Bonchev–Trinajstić information content (AvgIpc) is 2.45. The summed E-state index contributed by atoms with van der Waals surface area (Å²) in [4.78, 5) is 4.40. The minimum absolute atomic E-state index is 0.104. The van der Waals surface area contributed by atoms with Gasteiger partial charge in [-0.25, -0.2) is 0 Å². The number of unbranched alkanes of at least 4 members (excludes halogenated alkanes) is 3. The molecule has 0 aliphatic rings. The summed E-state index contributed by atoms with van der Waals surface area (Å²) < 4.78 is 5.86. The highest BCUT2D eigenvalue weighted by molar-refractivity contribution is 6.36. The van der Waals surface area contributed by atoms with Crippen molar-refractivity contribution in [1.82, 2.24) is 4.98 Å². The second-order valence-corrected chi connectivity index (χ2v) is 6.12. The van der Waals surface area contributed by atoms with Crippen LogP contribution in [0.1, 0.15) is 59.3 Å². The van der Waals surface area contributed by atoms with Crippen LogP contribution in [0.15, 0.2) is 6.07 Å². The molecule has 0 bridgehead atoms. The van der Waals surface area contributed by atoms with Gasteiger partial charge < -0.3 is 10.1 Å². The van der Waals surface area contributed by atoms with Crippen LogP contribution in [0.4, 0.5) is 5.82 Å². The first-order valence-electron chi connectivity index (χ1n) is 7.85. The first-order chi connectivity index (χ1) is 10.1. The zero-order valence-electron chi connectivity index (χ0n) is 13.2. The fourth-order valence-electron chi connectivity index (χ4n) is 2.01. The number of anilines is 1. The standard InChI is InChI=1S/C16H26Cl2N2O/c1-4-6-7-8-9-12(3)21-16-14(18)11-13(17)15(20-16)19-10-5-2/h11-12H,4-10H2,1-3H3,(H,19,20). The number of hydrogen-bond acceptors (Lipinski definition) is 3. The van der Waals surface area contributed by atoms with Crippen molar-refractivity contribution in [2.45, 2.75) is 65.4 Å². The molecule has 0 aromatic carbocycles. The molecule has 0 aliphatic heterocycles. The monoisotopic (exact) mass is 332 g/mol. The van der Waals surface area contributed by atoms with Crippen LogP contribution < -0.4 is 10.1 Å². The summed E-state index contributed by atoms with van der Waals surface area (Å²) in [5.74, 6) is 1.10. The quantitative estimate of drug-likeness (QED) is 0.537. The highest BCUT2D eigenvalue weighted by Gasteiger charge is 2.13. The van der Waals surface area contributed by atoms with Gasteiger partial charge in [0.15, 0.2) is 0 Å². The molecule has 21 heavy (non-hydrogen) atoms. The maximum absolute atomic E-state index is 6.16. The molecule has 1 N–H and O–H groups in total. The third-order valence-electron chi connectivity index (χ3n) is 3.22. The summed E-state index contributed by atoms with van der Waals surface area (Å²) in [7, 11) is 0. The van der Waals surface area contributed by atoms with E-state index in [0.717, 1.165) is 19.4 Å². The largest absolute Gasteiger partial charge is 0.474 e. The number of nitrogens with zero attached hydrogens (tertiary/aromatic N) is 1. The van der Waals surface area contributed by atoms with Crippen LogP contribution in [0, 0.1) is 0 Å². The summed E-state index contributed by atoms with van der Waals surface area (Å²) in [6.45, 7) is 7.17. The van der Waals surface area contributed by atoms with E-state index in [1.807, 2.05) is 0 Å². The molecule has 0 saturated carbocycles. The number of nitrogens with one attached hydrogen (secondary N) is 1. The first-order valence-corrected chi connectivity index (χ1v) is 8.60. The number of ether oxygens (including phenoxy) is 1. The molecule has 1 aromatic rings. The summed E-state index contributed by atoms with van der Waals surface area (Å²) in [5.41, 5.74) is 0. The van der Waals surface area contributed by atoms with Crippen molar-refractivity contribution in [3.8, 4) is 5.88 Å². The summed E-state index contributed by atoms with van der Waals surface area (Å²) in [5, 5.41) is 4.17. The van der Waals surface area contributed by atoms with Crippen LogP contribution >= 0.6 is 23.2 Å². The molecule has 1 aromatic heterocycles. The van der Waals surface area contributed by atoms with E-state index < -0.39 is 0 Å². The third-order valence-corrected chi connectivity index (χ3v) is 3.78. The normalized spacial score (nSPS) is 12.2. The van der Waals surface area contributed by atoms with Gasteiger partial charge in [0.2, 0.25) is 5.88 Å². The Hall–Kier alpha value is -0.670. The Labute approximate surface area is 138 Å². The van der Waals surface area contributed by atoms with Gasteiger partial charge >= 0.3 is 0 Å². The zero-order chi connectivity index (χ0) is 15.7. The zero-order valence-corrected chi connectivity index (χ0v) is 14.7. The van der Waals surface area contributed by atoms with Gasteiger partial charge in [0.05, 0.1) is 11.1 Å². The van der Waals surface area contributed by atoms with Crippen molar-refractivity contribution >= 4 is 29.0 Å². The van der Waals surface area contributed by atoms with Gasteiger partial charge in [-0.2, -0.15) is 4.98 Å². The molecule has 0 radical (unpaired) electrons. The second kappa shape index (κ2) is 10.1. The Bertz CT molecular complexity index is 427. The van der Waals surface area contributed by atoms with Gasteiger partial charge in [-0.3, -0.25) is 0 Å².